The van der Waals surface area contributed by atoms with Gasteiger partial charge in [-0.1, -0.05) is 41.4 Å². The van der Waals surface area contributed by atoms with Crippen molar-refractivity contribution in [2.45, 2.75) is 11.5 Å². The molecule has 2 atom stereocenters. The fourth-order valence-electron chi connectivity index (χ4n) is 2.33. The van der Waals surface area contributed by atoms with Gasteiger partial charge in [0.25, 0.3) is 0 Å². The Labute approximate surface area is 132 Å². The minimum absolute atomic E-state index is 0.0575. The number of aliphatic hydroxyl groups is 1. The van der Waals surface area contributed by atoms with Crippen molar-refractivity contribution in [2.75, 3.05) is 11.1 Å². The molecule has 0 aromatic heterocycles. The molecule has 1 heterocycles. The van der Waals surface area contributed by atoms with Crippen LogP contribution in [0.4, 0.5) is 5.69 Å². The Balaban J connectivity index is 2.12. The van der Waals surface area contributed by atoms with E-state index < -0.39 is 6.23 Å². The molecule has 5 heteroatoms. The summed E-state index contributed by atoms with van der Waals surface area (Å²) in [5.74, 6) is 0.586. The van der Waals surface area contributed by atoms with Gasteiger partial charge in [-0.25, -0.2) is 0 Å². The van der Waals surface area contributed by atoms with Crippen LogP contribution in [-0.4, -0.2) is 17.1 Å². The Morgan fingerprint density at radius 3 is 2.70 bits per heavy atom. The quantitative estimate of drug-likeness (QED) is 0.806. The molecule has 0 saturated heterocycles. The minimum Gasteiger partial charge on any atom is -0.373 e. The summed E-state index contributed by atoms with van der Waals surface area (Å²) < 4.78 is 0. The number of anilines is 1. The number of nitrogens with one attached hydrogen (secondary N) is 1. The molecule has 0 saturated carbocycles. The fraction of sp³-hybridized carbons (Fsp3) is 0.200. The van der Waals surface area contributed by atoms with Gasteiger partial charge in [0.1, 0.15) is 6.23 Å². The van der Waals surface area contributed by atoms with E-state index in [-0.39, 0.29) is 5.25 Å². The third-order valence-corrected chi connectivity index (χ3v) is 5.16. The average Bonchev–Trinajstić information content (AvgIpc) is 2.58. The molecule has 2 aromatic carbocycles. The van der Waals surface area contributed by atoms with Crippen LogP contribution in [0.25, 0.3) is 0 Å². The smallest absolute Gasteiger partial charge is 0.133 e. The minimum atomic E-state index is -0.576. The van der Waals surface area contributed by atoms with Gasteiger partial charge in [-0.15, -0.1) is 11.8 Å². The second kappa shape index (κ2) is 5.86. The molecule has 1 aliphatic heterocycles. The predicted molar refractivity (Wildman–Crippen MR) is 86.8 cm³/mol. The fourth-order valence-corrected chi connectivity index (χ4v) is 4.03. The molecule has 0 amide bonds. The highest BCUT2D eigenvalue weighted by atomic mass is 35.5. The van der Waals surface area contributed by atoms with E-state index in [1.807, 2.05) is 42.5 Å². The van der Waals surface area contributed by atoms with Crippen LogP contribution >= 0.6 is 35.0 Å². The predicted octanol–water partition coefficient (Wildman–Crippen LogP) is 4.56. The first kappa shape index (κ1) is 14.1. The van der Waals surface area contributed by atoms with Crippen LogP contribution in [0.2, 0.25) is 10.0 Å². The van der Waals surface area contributed by atoms with Crippen molar-refractivity contribution in [3.63, 3.8) is 0 Å². The van der Waals surface area contributed by atoms with Crippen LogP contribution in [0.1, 0.15) is 16.4 Å². The molecule has 2 N–H and O–H groups in total. The summed E-state index contributed by atoms with van der Waals surface area (Å²) in [6.07, 6.45) is -0.576. The first-order valence-corrected chi connectivity index (χ1v) is 8.05. The molecule has 104 valence electrons. The molecule has 0 unspecified atom stereocenters. The van der Waals surface area contributed by atoms with Gasteiger partial charge < -0.3 is 10.4 Å². The van der Waals surface area contributed by atoms with E-state index in [0.29, 0.717) is 10.8 Å². The number of fused-ring (bicyclic) bond motifs is 1. The number of benzene rings is 2. The highest BCUT2D eigenvalue weighted by Gasteiger charge is 2.25. The first-order valence-electron chi connectivity index (χ1n) is 6.25. The molecule has 2 nitrogen and oxygen atoms in total. The van der Waals surface area contributed by atoms with Crippen molar-refractivity contribution < 1.29 is 5.11 Å². The normalized spacial score (nSPS) is 21.8. The molecule has 2 aromatic rings. The molecule has 20 heavy (non-hydrogen) atoms. The largest absolute Gasteiger partial charge is 0.373 e. The van der Waals surface area contributed by atoms with Crippen LogP contribution in [-0.2, 0) is 0 Å². The van der Waals surface area contributed by atoms with E-state index in [4.69, 9.17) is 23.2 Å². The molecule has 0 aliphatic carbocycles. The van der Waals surface area contributed by atoms with Gasteiger partial charge in [0.05, 0.1) is 5.25 Å². The van der Waals surface area contributed by atoms with E-state index in [1.165, 1.54) is 0 Å². The summed E-state index contributed by atoms with van der Waals surface area (Å²) in [5.41, 5.74) is 2.99. The zero-order valence-corrected chi connectivity index (χ0v) is 12.8. The molecule has 3 rings (SSSR count). The van der Waals surface area contributed by atoms with Crippen LogP contribution in [0.3, 0.4) is 0 Å². The number of rotatable bonds is 1. The van der Waals surface area contributed by atoms with E-state index in [0.717, 1.165) is 21.8 Å². The van der Waals surface area contributed by atoms with Crippen LogP contribution in [0, 0.1) is 0 Å². The van der Waals surface area contributed by atoms with Crippen molar-refractivity contribution in [1.82, 2.24) is 0 Å². The van der Waals surface area contributed by atoms with E-state index in [9.17, 15) is 5.11 Å². The first-order chi connectivity index (χ1) is 9.65. The lowest BCUT2D eigenvalue weighted by atomic mass is 10.0. The molecule has 1 aliphatic rings. The Morgan fingerprint density at radius 2 is 1.90 bits per heavy atom. The Kier molecular flexibility index (Phi) is 4.13. The number of thioether (sulfide) groups is 1. The summed E-state index contributed by atoms with van der Waals surface area (Å²) >= 11 is 14.1. The maximum atomic E-state index is 9.94. The molecule has 0 bridgehead atoms. The van der Waals surface area contributed by atoms with Crippen molar-refractivity contribution in [3.05, 3.63) is 63.6 Å². The van der Waals surface area contributed by atoms with Crippen molar-refractivity contribution in [1.29, 1.82) is 0 Å². The standard InChI is InChI=1S/C15H13Cl2NOS/c16-9-5-6-13-11(7-9)15(20-8-14(19)18-13)10-3-1-2-4-12(10)17/h1-7,14-15,18-19H,8H2/t14-,15-/m0/s1. The Morgan fingerprint density at radius 1 is 1.10 bits per heavy atom. The van der Waals surface area contributed by atoms with Crippen molar-refractivity contribution in [2.24, 2.45) is 0 Å². The molecule has 0 fully saturated rings. The van der Waals surface area contributed by atoms with Crippen molar-refractivity contribution >= 4 is 40.7 Å². The lowest BCUT2D eigenvalue weighted by Crippen LogP contribution is -2.19. The maximum absolute atomic E-state index is 9.94. The van der Waals surface area contributed by atoms with Crippen LogP contribution < -0.4 is 5.32 Å². The lowest BCUT2D eigenvalue weighted by Gasteiger charge is -2.18. The average molecular weight is 326 g/mol. The number of halogens is 2. The highest BCUT2D eigenvalue weighted by molar-refractivity contribution is 7.99. The zero-order chi connectivity index (χ0) is 14.1. The van der Waals surface area contributed by atoms with E-state index >= 15 is 0 Å². The summed E-state index contributed by atoms with van der Waals surface area (Å²) in [6.45, 7) is 0. The topological polar surface area (TPSA) is 32.3 Å². The second-order valence-electron chi connectivity index (χ2n) is 4.63. The van der Waals surface area contributed by atoms with Crippen molar-refractivity contribution in [3.8, 4) is 0 Å². The number of aliphatic hydroxyl groups excluding tert-OH is 1. The molecular weight excluding hydrogens is 313 g/mol. The summed E-state index contributed by atoms with van der Waals surface area (Å²) in [4.78, 5) is 0. The summed E-state index contributed by atoms with van der Waals surface area (Å²) in [5, 5.41) is 14.5. The van der Waals surface area contributed by atoms with Gasteiger partial charge in [-0.2, -0.15) is 0 Å². The monoisotopic (exact) mass is 325 g/mol. The summed E-state index contributed by atoms with van der Waals surface area (Å²) in [6, 6.07) is 13.4. The van der Waals surface area contributed by atoms with E-state index in [2.05, 4.69) is 5.32 Å². The van der Waals surface area contributed by atoms with Gasteiger partial charge in [0.2, 0.25) is 0 Å². The van der Waals surface area contributed by atoms with Gasteiger partial charge in [-0.3, -0.25) is 0 Å². The maximum Gasteiger partial charge on any atom is 0.133 e. The molecule has 0 radical (unpaired) electrons. The zero-order valence-electron chi connectivity index (χ0n) is 10.5. The Hall–Kier alpha value is -0.870. The lowest BCUT2D eigenvalue weighted by molar-refractivity contribution is 0.229. The third-order valence-electron chi connectivity index (χ3n) is 3.23. The van der Waals surface area contributed by atoms with Crippen LogP contribution in [0.15, 0.2) is 42.5 Å². The van der Waals surface area contributed by atoms with Gasteiger partial charge >= 0.3 is 0 Å². The third kappa shape index (κ3) is 2.77. The Bertz CT molecular complexity index is 635. The number of hydrogen-bond donors (Lipinski definition) is 2. The molecule has 0 spiro atoms. The van der Waals surface area contributed by atoms with Gasteiger partial charge in [0, 0.05) is 21.5 Å². The summed E-state index contributed by atoms with van der Waals surface area (Å²) in [7, 11) is 0. The highest BCUT2D eigenvalue weighted by Crippen LogP contribution is 2.44. The molecular formula is C15H13Cl2NOS. The van der Waals surface area contributed by atoms with E-state index in [1.54, 1.807) is 11.8 Å². The van der Waals surface area contributed by atoms with Gasteiger partial charge in [-0.05, 0) is 35.4 Å². The number of hydrogen-bond acceptors (Lipinski definition) is 3. The second-order valence-corrected chi connectivity index (χ2v) is 6.61. The van der Waals surface area contributed by atoms with Crippen LogP contribution in [0.5, 0.6) is 0 Å². The van der Waals surface area contributed by atoms with Gasteiger partial charge in [0.15, 0.2) is 0 Å². The SMILES string of the molecule is O[C@H]1CS[C@@H](c2ccccc2Cl)c2cc(Cl)ccc2N1.